The molecule has 0 aromatic heterocycles. The highest BCUT2D eigenvalue weighted by atomic mass is 32.2. The minimum Gasteiger partial charge on any atom is -0.361 e. The Labute approximate surface area is 109 Å². The van der Waals surface area contributed by atoms with Crippen molar-refractivity contribution in [1.82, 2.24) is 5.32 Å². The summed E-state index contributed by atoms with van der Waals surface area (Å²) in [5, 5.41) is 4.61. The Kier molecular flexibility index (Phi) is 5.31. The van der Waals surface area contributed by atoms with Crippen LogP contribution in [0.4, 0.5) is 0 Å². The van der Waals surface area contributed by atoms with Gasteiger partial charge in [-0.25, -0.2) is 8.42 Å². The van der Waals surface area contributed by atoms with Gasteiger partial charge in [0.05, 0.1) is 12.3 Å². The number of amidine groups is 1. The van der Waals surface area contributed by atoms with Crippen molar-refractivity contribution in [2.45, 2.75) is 38.5 Å². The highest BCUT2D eigenvalue weighted by Gasteiger charge is 2.22. The van der Waals surface area contributed by atoms with Crippen LogP contribution in [-0.4, -0.2) is 43.4 Å². The van der Waals surface area contributed by atoms with Gasteiger partial charge in [0.15, 0.2) is 5.17 Å². The Morgan fingerprint density at radius 1 is 1.47 bits per heavy atom. The van der Waals surface area contributed by atoms with Gasteiger partial charge < -0.3 is 5.32 Å². The molecule has 2 unspecified atom stereocenters. The van der Waals surface area contributed by atoms with Gasteiger partial charge in [0.1, 0.15) is 9.84 Å². The van der Waals surface area contributed by atoms with Crippen molar-refractivity contribution >= 4 is 26.8 Å². The monoisotopic (exact) mass is 278 g/mol. The van der Waals surface area contributed by atoms with E-state index in [1.54, 1.807) is 11.8 Å². The average molecular weight is 278 g/mol. The molecule has 1 N–H and O–H groups in total. The van der Waals surface area contributed by atoms with Crippen LogP contribution in [0.3, 0.4) is 0 Å². The van der Waals surface area contributed by atoms with Crippen LogP contribution < -0.4 is 5.32 Å². The Hall–Kier alpha value is -0.230. The molecule has 1 heterocycles. The standard InChI is InChI=1S/C11H22N2O2S2/c1-8(2)5-10-6-12-11(16-10)13-9(3)7-17(4,14)15/h8-10H,5-7H2,1-4H3,(H,12,13). The first kappa shape index (κ1) is 14.8. The lowest BCUT2D eigenvalue weighted by molar-refractivity contribution is 0.575. The Balaban J connectivity index is 2.35. The summed E-state index contributed by atoms with van der Waals surface area (Å²) in [7, 11) is -2.92. The highest BCUT2D eigenvalue weighted by molar-refractivity contribution is 8.14. The van der Waals surface area contributed by atoms with Gasteiger partial charge in [0, 0.05) is 17.5 Å². The Morgan fingerprint density at radius 2 is 2.12 bits per heavy atom. The zero-order valence-corrected chi connectivity index (χ0v) is 12.6. The number of aliphatic imine (C=N–C) groups is 1. The summed E-state index contributed by atoms with van der Waals surface area (Å²) in [6.45, 7) is 7.13. The van der Waals surface area contributed by atoms with E-state index in [0.717, 1.165) is 18.1 Å². The molecule has 0 amide bonds. The van der Waals surface area contributed by atoms with E-state index >= 15 is 0 Å². The lowest BCUT2D eigenvalue weighted by Crippen LogP contribution is -2.35. The maximum Gasteiger partial charge on any atom is 0.157 e. The SMILES string of the molecule is CC(C)CC1CN=C(NC(C)CS(C)(=O)=O)S1. The van der Waals surface area contributed by atoms with Crippen molar-refractivity contribution in [2.75, 3.05) is 18.6 Å². The van der Waals surface area contributed by atoms with Crippen LogP contribution in [0.2, 0.25) is 0 Å². The van der Waals surface area contributed by atoms with Crippen LogP contribution in [0.25, 0.3) is 0 Å². The molecule has 1 aliphatic heterocycles. The van der Waals surface area contributed by atoms with Crippen molar-refractivity contribution in [1.29, 1.82) is 0 Å². The molecule has 4 nitrogen and oxygen atoms in total. The quantitative estimate of drug-likeness (QED) is 0.828. The van der Waals surface area contributed by atoms with Crippen molar-refractivity contribution in [3.63, 3.8) is 0 Å². The van der Waals surface area contributed by atoms with Gasteiger partial charge in [0.2, 0.25) is 0 Å². The smallest absolute Gasteiger partial charge is 0.157 e. The summed E-state index contributed by atoms with van der Waals surface area (Å²) >= 11 is 1.74. The van der Waals surface area contributed by atoms with Crippen LogP contribution >= 0.6 is 11.8 Å². The van der Waals surface area contributed by atoms with E-state index in [9.17, 15) is 8.42 Å². The average Bonchev–Trinajstić information content (AvgIpc) is 2.46. The van der Waals surface area contributed by atoms with E-state index in [1.165, 1.54) is 6.26 Å². The van der Waals surface area contributed by atoms with E-state index in [2.05, 4.69) is 24.2 Å². The summed E-state index contributed by atoms with van der Waals surface area (Å²) in [4.78, 5) is 4.41. The fourth-order valence-electron chi connectivity index (χ4n) is 1.85. The van der Waals surface area contributed by atoms with E-state index < -0.39 is 9.84 Å². The van der Waals surface area contributed by atoms with E-state index in [-0.39, 0.29) is 11.8 Å². The first-order chi connectivity index (χ1) is 7.76. The second-order valence-corrected chi connectivity index (χ2v) is 8.63. The predicted molar refractivity (Wildman–Crippen MR) is 75.4 cm³/mol. The van der Waals surface area contributed by atoms with Gasteiger partial charge in [-0.3, -0.25) is 4.99 Å². The molecule has 0 aromatic carbocycles. The minimum atomic E-state index is -2.92. The first-order valence-corrected chi connectivity index (χ1v) is 8.85. The predicted octanol–water partition coefficient (Wildman–Crippen LogP) is 1.53. The molecule has 0 saturated heterocycles. The molecule has 0 aromatic rings. The fraction of sp³-hybridized carbons (Fsp3) is 0.909. The van der Waals surface area contributed by atoms with E-state index in [0.29, 0.717) is 11.2 Å². The van der Waals surface area contributed by atoms with Crippen LogP contribution in [0, 0.1) is 5.92 Å². The molecule has 0 saturated carbocycles. The lowest BCUT2D eigenvalue weighted by Gasteiger charge is -2.15. The molecule has 2 atom stereocenters. The zero-order chi connectivity index (χ0) is 13.1. The number of nitrogens with zero attached hydrogens (tertiary/aromatic N) is 1. The molecule has 1 aliphatic rings. The zero-order valence-electron chi connectivity index (χ0n) is 10.9. The Bertz CT molecular complexity index is 377. The maximum absolute atomic E-state index is 11.1. The molecule has 0 aliphatic carbocycles. The number of hydrogen-bond donors (Lipinski definition) is 1. The minimum absolute atomic E-state index is 0.0750. The second kappa shape index (κ2) is 6.09. The molecule has 17 heavy (non-hydrogen) atoms. The fourth-order valence-corrected chi connectivity index (χ4v) is 4.21. The van der Waals surface area contributed by atoms with Crippen LogP contribution in [0.15, 0.2) is 4.99 Å². The number of sulfone groups is 1. The summed E-state index contributed by atoms with van der Waals surface area (Å²) in [6, 6.07) is -0.0750. The molecule has 0 bridgehead atoms. The van der Waals surface area contributed by atoms with Gasteiger partial charge in [-0.05, 0) is 19.3 Å². The van der Waals surface area contributed by atoms with Gasteiger partial charge >= 0.3 is 0 Å². The number of nitrogens with one attached hydrogen (secondary N) is 1. The van der Waals surface area contributed by atoms with Crippen molar-refractivity contribution < 1.29 is 8.42 Å². The molecule has 0 spiro atoms. The topological polar surface area (TPSA) is 58.5 Å². The van der Waals surface area contributed by atoms with Crippen molar-refractivity contribution in [2.24, 2.45) is 10.9 Å². The summed E-state index contributed by atoms with van der Waals surface area (Å²) in [5.74, 6) is 0.831. The highest BCUT2D eigenvalue weighted by Crippen LogP contribution is 2.25. The van der Waals surface area contributed by atoms with Crippen LogP contribution in [0.5, 0.6) is 0 Å². The van der Waals surface area contributed by atoms with Crippen molar-refractivity contribution in [3.05, 3.63) is 0 Å². The molecule has 1 rings (SSSR count). The Morgan fingerprint density at radius 3 is 2.65 bits per heavy atom. The third-order valence-electron chi connectivity index (χ3n) is 2.37. The molecular weight excluding hydrogens is 256 g/mol. The molecule has 6 heteroatoms. The van der Waals surface area contributed by atoms with Gasteiger partial charge in [0.25, 0.3) is 0 Å². The number of rotatable bonds is 5. The first-order valence-electron chi connectivity index (χ1n) is 5.91. The largest absolute Gasteiger partial charge is 0.361 e. The van der Waals surface area contributed by atoms with Gasteiger partial charge in [-0.1, -0.05) is 25.6 Å². The molecular formula is C11H22N2O2S2. The normalized spacial score (nSPS) is 22.6. The van der Waals surface area contributed by atoms with Crippen molar-refractivity contribution in [3.8, 4) is 0 Å². The maximum atomic E-state index is 11.1. The summed E-state index contributed by atoms with van der Waals surface area (Å²) < 4.78 is 22.3. The summed E-state index contributed by atoms with van der Waals surface area (Å²) in [6.07, 6.45) is 2.41. The summed E-state index contributed by atoms with van der Waals surface area (Å²) in [5.41, 5.74) is 0. The van der Waals surface area contributed by atoms with Crippen LogP contribution in [0.1, 0.15) is 27.2 Å². The third kappa shape index (κ3) is 6.31. The van der Waals surface area contributed by atoms with Crippen LogP contribution in [-0.2, 0) is 9.84 Å². The second-order valence-electron chi connectivity index (χ2n) is 5.15. The third-order valence-corrected chi connectivity index (χ3v) is 4.62. The molecule has 100 valence electrons. The van der Waals surface area contributed by atoms with E-state index in [1.807, 2.05) is 6.92 Å². The molecule has 0 radical (unpaired) electrons. The number of thioether (sulfide) groups is 1. The van der Waals surface area contributed by atoms with Gasteiger partial charge in [-0.15, -0.1) is 0 Å². The van der Waals surface area contributed by atoms with E-state index in [4.69, 9.17) is 0 Å². The molecule has 0 fully saturated rings. The van der Waals surface area contributed by atoms with Gasteiger partial charge in [-0.2, -0.15) is 0 Å². The number of hydrogen-bond acceptors (Lipinski definition) is 5. The lowest BCUT2D eigenvalue weighted by atomic mass is 10.1.